The molecular weight excluding hydrogens is 376 g/mol. The van der Waals surface area contributed by atoms with Gasteiger partial charge in [0.25, 0.3) is 6.20 Å². The Bertz CT molecular complexity index is 1060. The van der Waals surface area contributed by atoms with E-state index >= 15 is 0 Å². The lowest BCUT2D eigenvalue weighted by Gasteiger charge is -2.17. The van der Waals surface area contributed by atoms with Crippen molar-refractivity contribution in [3.63, 3.8) is 0 Å². The van der Waals surface area contributed by atoms with Crippen LogP contribution in [0.1, 0.15) is 43.7 Å². The minimum atomic E-state index is -0.453. The van der Waals surface area contributed by atoms with Crippen molar-refractivity contribution < 1.29 is 14.4 Å². The summed E-state index contributed by atoms with van der Waals surface area (Å²) in [6.45, 7) is 5.84. The van der Waals surface area contributed by atoms with Crippen LogP contribution in [0.3, 0.4) is 0 Å². The van der Waals surface area contributed by atoms with Gasteiger partial charge in [0.1, 0.15) is 4.83 Å². The van der Waals surface area contributed by atoms with Gasteiger partial charge in [-0.15, -0.1) is 11.3 Å². The summed E-state index contributed by atoms with van der Waals surface area (Å²) in [5.74, 6) is -0.295. The molecule has 0 unspecified atom stereocenters. The summed E-state index contributed by atoms with van der Waals surface area (Å²) >= 11 is 1.24. The second kappa shape index (κ2) is 7.59. The molecule has 146 valence electrons. The molecule has 1 saturated heterocycles. The number of nitrogens with two attached hydrogens (primary N) is 1. The Morgan fingerprint density at radius 1 is 1.32 bits per heavy atom. The number of hydrogen-bond acceptors (Lipinski definition) is 8. The highest BCUT2D eigenvalue weighted by molar-refractivity contribution is 7.21. The molecule has 28 heavy (non-hydrogen) atoms. The Kier molecular flexibility index (Phi) is 4.99. The molecule has 0 saturated carbocycles. The molecule has 0 aromatic carbocycles. The average Bonchev–Trinajstić information content (AvgIpc) is 3.26. The van der Waals surface area contributed by atoms with Crippen LogP contribution < -0.4 is 20.6 Å². The molecule has 1 aliphatic rings. The molecule has 0 bridgehead atoms. The molecule has 0 atom stereocenters. The van der Waals surface area contributed by atoms with Crippen LogP contribution in [0, 0.1) is 0 Å². The number of aromatic nitrogens is 3. The van der Waals surface area contributed by atoms with Crippen molar-refractivity contribution in [1.82, 2.24) is 10.3 Å². The fourth-order valence-electron chi connectivity index (χ4n) is 3.19. The summed E-state index contributed by atoms with van der Waals surface area (Å²) in [5.41, 5.74) is 8.56. The number of nitrogen functional groups attached to an aromatic ring is 1. The zero-order chi connectivity index (χ0) is 19.7. The van der Waals surface area contributed by atoms with E-state index in [1.54, 1.807) is 11.0 Å². The summed E-state index contributed by atoms with van der Waals surface area (Å²) in [6, 6.07) is 3.78. The Balaban J connectivity index is 1.62. The summed E-state index contributed by atoms with van der Waals surface area (Å²) < 4.78 is 5.21. The number of rotatable bonds is 4. The Hall–Kier alpha value is -2.94. The van der Waals surface area contributed by atoms with Gasteiger partial charge in [0.15, 0.2) is 0 Å². The van der Waals surface area contributed by atoms with Crippen LogP contribution in [-0.4, -0.2) is 29.2 Å². The smallest absolute Gasteiger partial charge is 0.324 e. The van der Waals surface area contributed by atoms with Crippen molar-refractivity contribution in [2.75, 3.05) is 23.8 Å². The lowest BCUT2D eigenvalue weighted by atomic mass is 10.2. The van der Waals surface area contributed by atoms with Gasteiger partial charge < -0.3 is 10.8 Å². The summed E-state index contributed by atoms with van der Waals surface area (Å²) in [7, 11) is 0. The molecule has 4 rings (SSSR count). The Morgan fingerprint density at radius 3 is 2.86 bits per heavy atom. The number of nitrogens with zero attached hydrogens (tertiary/aromatic N) is 5. The molecular formula is C19H22N6O2S. The van der Waals surface area contributed by atoms with Gasteiger partial charge in [-0.1, -0.05) is 5.57 Å². The number of anilines is 1. The topological polar surface area (TPSA) is 107 Å². The van der Waals surface area contributed by atoms with Crippen LogP contribution >= 0.6 is 11.3 Å². The minimum absolute atomic E-state index is 0.158. The second-order valence-electron chi connectivity index (χ2n) is 7.05. The quantitative estimate of drug-likeness (QED) is 0.410. The largest absolute Gasteiger partial charge is 0.857 e. The normalized spacial score (nSPS) is 15.2. The van der Waals surface area contributed by atoms with Crippen LogP contribution in [0.5, 0.6) is 0 Å². The van der Waals surface area contributed by atoms with Gasteiger partial charge in [-0.2, -0.15) is 5.01 Å². The zero-order valence-electron chi connectivity index (χ0n) is 15.9. The standard InChI is InChI=1S/C19H22N6O2S/c1-12(2)10-13-6-7-14-16(20)17(28-19(14)21-13)18(26)22-15-11-25(23-27-15)24-8-4-3-5-9-24/h6-7,10-11H,3-5,8-9H2,1-2H3,(H2-,20,22,23,26). The van der Waals surface area contributed by atoms with Gasteiger partial charge in [-0.3, -0.25) is 4.52 Å². The molecule has 4 heterocycles. The molecule has 9 heteroatoms. The lowest BCUT2D eigenvalue weighted by Crippen LogP contribution is -2.60. The summed E-state index contributed by atoms with van der Waals surface area (Å²) in [5, 5.41) is 19.5. The van der Waals surface area contributed by atoms with E-state index in [0.29, 0.717) is 15.4 Å². The van der Waals surface area contributed by atoms with Gasteiger partial charge >= 0.3 is 5.88 Å². The van der Waals surface area contributed by atoms with Crippen molar-refractivity contribution in [3.05, 3.63) is 34.5 Å². The van der Waals surface area contributed by atoms with Gasteiger partial charge in [-0.25, -0.2) is 9.98 Å². The van der Waals surface area contributed by atoms with Crippen LogP contribution in [-0.2, 0) is 0 Å². The average molecular weight is 398 g/mol. The molecule has 8 nitrogen and oxygen atoms in total. The van der Waals surface area contributed by atoms with E-state index in [0.717, 1.165) is 42.6 Å². The van der Waals surface area contributed by atoms with E-state index in [2.05, 4.69) is 20.3 Å². The van der Waals surface area contributed by atoms with Crippen molar-refractivity contribution >= 4 is 45.1 Å². The molecule has 0 aliphatic carbocycles. The maximum atomic E-state index is 12.7. The number of aliphatic imine (C=N–C) groups is 1. The molecule has 0 amide bonds. The van der Waals surface area contributed by atoms with Crippen LogP contribution in [0.4, 0.5) is 11.6 Å². The first kappa shape index (κ1) is 18.4. The molecule has 1 aliphatic heterocycles. The van der Waals surface area contributed by atoms with E-state index in [4.69, 9.17) is 10.3 Å². The predicted molar refractivity (Wildman–Crippen MR) is 108 cm³/mol. The number of fused-ring (bicyclic) bond motifs is 1. The SMILES string of the molecule is CC(C)=Cc1ccc2c(N)c(/C([O-])=N/c3c[n+](N4CCCCC4)no3)sc2n1. The highest BCUT2D eigenvalue weighted by atomic mass is 32.1. The van der Waals surface area contributed by atoms with Crippen LogP contribution in [0.2, 0.25) is 0 Å². The molecule has 2 N–H and O–H groups in total. The third-order valence-electron chi connectivity index (χ3n) is 4.52. The summed E-state index contributed by atoms with van der Waals surface area (Å²) in [4.78, 5) is 11.3. The number of allylic oxidation sites excluding steroid dienone is 1. The molecule has 3 aromatic rings. The van der Waals surface area contributed by atoms with Gasteiger partial charge in [0.05, 0.1) is 34.1 Å². The van der Waals surface area contributed by atoms with E-state index < -0.39 is 5.90 Å². The monoisotopic (exact) mass is 398 g/mol. The van der Waals surface area contributed by atoms with Crippen molar-refractivity contribution in [1.29, 1.82) is 0 Å². The minimum Gasteiger partial charge on any atom is -0.857 e. The van der Waals surface area contributed by atoms with E-state index in [9.17, 15) is 5.11 Å². The number of piperidine rings is 1. The number of hydrogen-bond donors (Lipinski definition) is 1. The Morgan fingerprint density at radius 2 is 2.11 bits per heavy atom. The zero-order valence-corrected chi connectivity index (χ0v) is 16.7. The number of pyridine rings is 1. The van der Waals surface area contributed by atoms with Crippen molar-refractivity contribution in [2.45, 2.75) is 33.1 Å². The molecule has 3 aromatic heterocycles. The third kappa shape index (κ3) is 3.70. The fraction of sp³-hybridized carbons (Fsp3) is 0.368. The van der Waals surface area contributed by atoms with E-state index in [1.165, 1.54) is 17.8 Å². The van der Waals surface area contributed by atoms with Crippen molar-refractivity contribution in [2.24, 2.45) is 4.99 Å². The second-order valence-corrected chi connectivity index (χ2v) is 8.05. The highest BCUT2D eigenvalue weighted by Crippen LogP contribution is 2.33. The highest BCUT2D eigenvalue weighted by Gasteiger charge is 2.22. The van der Waals surface area contributed by atoms with Crippen LogP contribution in [0.15, 0.2) is 33.4 Å². The van der Waals surface area contributed by atoms with Gasteiger partial charge in [0.2, 0.25) is 5.27 Å². The fourth-order valence-corrected chi connectivity index (χ4v) is 4.18. The third-order valence-corrected chi connectivity index (χ3v) is 5.63. The molecule has 0 spiro atoms. The first-order chi connectivity index (χ1) is 13.5. The first-order valence-electron chi connectivity index (χ1n) is 9.25. The first-order valence-corrected chi connectivity index (χ1v) is 10.1. The van der Waals surface area contributed by atoms with E-state index in [-0.39, 0.29) is 5.88 Å². The van der Waals surface area contributed by atoms with E-state index in [1.807, 2.05) is 32.1 Å². The van der Waals surface area contributed by atoms with Gasteiger partial charge in [0, 0.05) is 11.3 Å². The molecule has 0 radical (unpaired) electrons. The van der Waals surface area contributed by atoms with Crippen molar-refractivity contribution in [3.8, 4) is 0 Å². The molecule has 1 fully saturated rings. The Labute approximate surface area is 166 Å². The number of thiophene rings is 1. The maximum Gasteiger partial charge on any atom is 0.324 e. The predicted octanol–water partition coefficient (Wildman–Crippen LogP) is 2.14. The summed E-state index contributed by atoms with van der Waals surface area (Å²) in [6.07, 6.45) is 7.06. The lowest BCUT2D eigenvalue weighted by molar-refractivity contribution is -0.759. The van der Waals surface area contributed by atoms with Gasteiger partial charge in [-0.05, 0) is 51.3 Å². The van der Waals surface area contributed by atoms with Crippen LogP contribution in [0.25, 0.3) is 16.3 Å². The maximum absolute atomic E-state index is 12.7.